The number of halogens is 2. The van der Waals surface area contributed by atoms with Gasteiger partial charge in [0.15, 0.2) is 0 Å². The third kappa shape index (κ3) is 3.25. The highest BCUT2D eigenvalue weighted by Gasteiger charge is 2.15. The molecule has 0 aliphatic heterocycles. The van der Waals surface area contributed by atoms with Gasteiger partial charge in [-0.05, 0) is 19.1 Å². The van der Waals surface area contributed by atoms with Gasteiger partial charge in [0.1, 0.15) is 18.2 Å². The molecule has 1 aromatic rings. The molecule has 1 rings (SSSR count). The van der Waals surface area contributed by atoms with Crippen LogP contribution in [0.3, 0.4) is 0 Å². The van der Waals surface area contributed by atoms with Crippen LogP contribution in [-0.4, -0.2) is 12.5 Å². The minimum absolute atomic E-state index is 0.146. The Morgan fingerprint density at radius 3 is 2.56 bits per heavy atom. The van der Waals surface area contributed by atoms with Crippen LogP contribution in [0.1, 0.15) is 18.5 Å². The van der Waals surface area contributed by atoms with Crippen molar-refractivity contribution in [1.82, 2.24) is 5.48 Å². The Morgan fingerprint density at radius 2 is 2.06 bits per heavy atom. The maximum absolute atomic E-state index is 13.3. The van der Waals surface area contributed by atoms with Gasteiger partial charge in [0, 0.05) is 5.56 Å². The average Bonchev–Trinajstić information content (AvgIpc) is 2.16. The lowest BCUT2D eigenvalue weighted by molar-refractivity contribution is -0.126. The first-order valence-corrected chi connectivity index (χ1v) is 4.62. The maximum Gasteiger partial charge on any atom is 0.245 e. The van der Waals surface area contributed by atoms with Crippen molar-refractivity contribution < 1.29 is 18.4 Å². The Bertz CT molecular complexity index is 365. The van der Waals surface area contributed by atoms with Gasteiger partial charge in [-0.1, -0.05) is 6.07 Å². The first-order chi connectivity index (χ1) is 7.52. The van der Waals surface area contributed by atoms with Crippen LogP contribution in [0.2, 0.25) is 0 Å². The van der Waals surface area contributed by atoms with E-state index in [0.717, 1.165) is 12.1 Å². The number of amides is 1. The Balaban J connectivity index is 2.65. The van der Waals surface area contributed by atoms with Crippen LogP contribution in [0.4, 0.5) is 8.78 Å². The summed E-state index contributed by atoms with van der Waals surface area (Å²) in [6, 6.07) is 2.83. The van der Waals surface area contributed by atoms with Crippen molar-refractivity contribution in [3.05, 3.63) is 35.4 Å². The molecule has 0 heterocycles. The van der Waals surface area contributed by atoms with Crippen molar-refractivity contribution in [3.63, 3.8) is 0 Å². The van der Waals surface area contributed by atoms with E-state index < -0.39 is 23.6 Å². The molecule has 0 aromatic heterocycles. The fourth-order valence-corrected chi connectivity index (χ4v) is 1.22. The summed E-state index contributed by atoms with van der Waals surface area (Å²) in [4.78, 5) is 15.0. The largest absolute Gasteiger partial charge is 0.368 e. The van der Waals surface area contributed by atoms with Crippen LogP contribution in [0.15, 0.2) is 18.2 Å². The molecule has 3 N–H and O–H groups in total. The second-order valence-electron chi connectivity index (χ2n) is 3.23. The van der Waals surface area contributed by atoms with Gasteiger partial charge >= 0.3 is 0 Å². The van der Waals surface area contributed by atoms with Gasteiger partial charge in [-0.15, -0.1) is 0 Å². The van der Waals surface area contributed by atoms with Gasteiger partial charge in [-0.3, -0.25) is 9.63 Å². The fourth-order valence-electron chi connectivity index (χ4n) is 1.22. The van der Waals surface area contributed by atoms with Crippen LogP contribution >= 0.6 is 0 Å². The van der Waals surface area contributed by atoms with Crippen molar-refractivity contribution in [2.75, 3.05) is 6.61 Å². The van der Waals surface area contributed by atoms with Gasteiger partial charge in [-0.2, -0.15) is 5.48 Å². The number of nitrogens with one attached hydrogen (secondary N) is 1. The fraction of sp³-hybridized carbons (Fsp3) is 0.300. The minimum Gasteiger partial charge on any atom is -0.368 e. The zero-order chi connectivity index (χ0) is 12.1. The second-order valence-corrected chi connectivity index (χ2v) is 3.23. The predicted molar refractivity (Wildman–Crippen MR) is 53.1 cm³/mol. The van der Waals surface area contributed by atoms with E-state index in [9.17, 15) is 13.6 Å². The van der Waals surface area contributed by atoms with E-state index in [4.69, 9.17) is 5.73 Å². The lowest BCUT2D eigenvalue weighted by Gasteiger charge is -2.14. The topological polar surface area (TPSA) is 64.3 Å². The molecule has 1 aromatic carbocycles. The monoisotopic (exact) mass is 230 g/mol. The van der Waals surface area contributed by atoms with Crippen LogP contribution in [0.5, 0.6) is 0 Å². The van der Waals surface area contributed by atoms with E-state index >= 15 is 0 Å². The Kier molecular flexibility index (Phi) is 4.33. The smallest absolute Gasteiger partial charge is 0.245 e. The highest BCUT2D eigenvalue weighted by atomic mass is 19.1. The number of hydrogen-bond acceptors (Lipinski definition) is 3. The zero-order valence-corrected chi connectivity index (χ0v) is 8.67. The summed E-state index contributed by atoms with van der Waals surface area (Å²) >= 11 is 0. The molecule has 4 nitrogen and oxygen atoms in total. The third-order valence-corrected chi connectivity index (χ3v) is 1.91. The first-order valence-electron chi connectivity index (χ1n) is 4.62. The van der Waals surface area contributed by atoms with E-state index in [-0.39, 0.29) is 12.2 Å². The molecule has 0 spiro atoms. The first kappa shape index (κ1) is 12.5. The zero-order valence-electron chi connectivity index (χ0n) is 8.67. The van der Waals surface area contributed by atoms with Crippen molar-refractivity contribution in [2.45, 2.75) is 13.0 Å². The van der Waals surface area contributed by atoms with Gasteiger partial charge in [-0.25, -0.2) is 8.78 Å². The van der Waals surface area contributed by atoms with Crippen LogP contribution in [0.25, 0.3) is 0 Å². The van der Waals surface area contributed by atoms with Gasteiger partial charge in [0.25, 0.3) is 0 Å². The summed E-state index contributed by atoms with van der Waals surface area (Å²) < 4.78 is 26.5. The number of hydrogen-bond donors (Lipinski definition) is 2. The van der Waals surface area contributed by atoms with E-state index in [2.05, 4.69) is 10.3 Å². The van der Waals surface area contributed by atoms with Gasteiger partial charge in [0.2, 0.25) is 5.91 Å². The molecule has 0 bridgehead atoms. The van der Waals surface area contributed by atoms with E-state index in [1.54, 1.807) is 0 Å². The van der Waals surface area contributed by atoms with Crippen molar-refractivity contribution >= 4 is 5.91 Å². The number of primary amides is 1. The lowest BCUT2D eigenvalue weighted by Crippen LogP contribution is -2.27. The molecule has 16 heavy (non-hydrogen) atoms. The van der Waals surface area contributed by atoms with Gasteiger partial charge in [0.05, 0.1) is 6.04 Å². The van der Waals surface area contributed by atoms with E-state index in [1.165, 1.54) is 13.0 Å². The van der Waals surface area contributed by atoms with Crippen LogP contribution in [-0.2, 0) is 9.63 Å². The molecular formula is C10H12F2N2O2. The molecule has 0 aliphatic rings. The number of carbonyl (C=O) groups excluding carboxylic acids is 1. The molecule has 1 unspecified atom stereocenters. The van der Waals surface area contributed by atoms with Gasteiger partial charge < -0.3 is 5.73 Å². The Hall–Kier alpha value is -1.53. The Morgan fingerprint density at radius 1 is 1.50 bits per heavy atom. The maximum atomic E-state index is 13.3. The lowest BCUT2D eigenvalue weighted by atomic mass is 10.1. The normalized spacial score (nSPS) is 12.4. The molecule has 0 aliphatic carbocycles. The average molecular weight is 230 g/mol. The van der Waals surface area contributed by atoms with Crippen molar-refractivity contribution in [1.29, 1.82) is 0 Å². The molecule has 6 heteroatoms. The SMILES string of the molecule is CC(NOCC(N)=O)c1c(F)cccc1F. The number of benzene rings is 1. The molecule has 0 fully saturated rings. The number of carbonyl (C=O) groups is 1. The number of nitrogens with two attached hydrogens (primary N) is 1. The second kappa shape index (κ2) is 5.53. The predicted octanol–water partition coefficient (Wildman–Crippen LogP) is 1.03. The standard InChI is InChI=1S/C10H12F2N2O2/c1-6(14-16-5-9(13)15)10-7(11)3-2-4-8(10)12/h2-4,6,14H,5H2,1H3,(H2,13,15). The number of hydroxylamine groups is 1. The highest BCUT2D eigenvalue weighted by molar-refractivity contribution is 5.74. The molecule has 0 saturated heterocycles. The quantitative estimate of drug-likeness (QED) is 0.742. The summed E-state index contributed by atoms with van der Waals surface area (Å²) in [5.41, 5.74) is 7.01. The summed E-state index contributed by atoms with van der Waals surface area (Å²) in [5, 5.41) is 0. The summed E-state index contributed by atoms with van der Waals surface area (Å²) in [5.74, 6) is -2.03. The molecule has 1 atom stereocenters. The minimum atomic E-state index is -0.722. The van der Waals surface area contributed by atoms with E-state index in [0.29, 0.717) is 0 Å². The molecule has 0 radical (unpaired) electrons. The van der Waals surface area contributed by atoms with Crippen LogP contribution in [0, 0.1) is 11.6 Å². The third-order valence-electron chi connectivity index (χ3n) is 1.91. The molecular weight excluding hydrogens is 218 g/mol. The molecule has 1 amide bonds. The summed E-state index contributed by atoms with van der Waals surface area (Å²) in [7, 11) is 0. The van der Waals surface area contributed by atoms with E-state index in [1.807, 2.05) is 0 Å². The molecule has 88 valence electrons. The number of rotatable bonds is 5. The summed E-state index contributed by atoms with van der Waals surface area (Å²) in [6.07, 6.45) is 0. The van der Waals surface area contributed by atoms with Crippen molar-refractivity contribution in [3.8, 4) is 0 Å². The molecule has 0 saturated carbocycles. The van der Waals surface area contributed by atoms with Crippen LogP contribution < -0.4 is 11.2 Å². The Labute approximate surface area is 91.3 Å². The highest BCUT2D eigenvalue weighted by Crippen LogP contribution is 2.19. The summed E-state index contributed by atoms with van der Waals surface area (Å²) in [6.45, 7) is 1.14. The van der Waals surface area contributed by atoms with Crippen molar-refractivity contribution in [2.24, 2.45) is 5.73 Å².